The molecular weight excluding hydrogens is 446 g/mol. The van der Waals surface area contributed by atoms with Crippen LogP contribution in [0.2, 0.25) is 0 Å². The highest BCUT2D eigenvalue weighted by atomic mass is 16.6. The van der Waals surface area contributed by atoms with Crippen molar-refractivity contribution in [2.24, 2.45) is 0 Å². The van der Waals surface area contributed by atoms with Gasteiger partial charge in [0, 0.05) is 18.7 Å². The molecule has 0 radical (unpaired) electrons. The maximum absolute atomic E-state index is 13.4. The van der Waals surface area contributed by atoms with Gasteiger partial charge in [0.25, 0.3) is 0 Å². The number of benzene rings is 2. The van der Waals surface area contributed by atoms with E-state index in [2.05, 4.69) is 10.6 Å². The number of nitrogens with one attached hydrogen (secondary N) is 2. The third-order valence-corrected chi connectivity index (χ3v) is 5.21. The Bertz CT molecular complexity index is 972. The SMILES string of the molecule is CCCCCN(C(=O)CNC(=O)OC(C)(C)C)C(C(=O)NCc1ccccc1)c1ccccc1O. The first kappa shape index (κ1) is 27.7. The third-order valence-electron chi connectivity index (χ3n) is 5.21. The summed E-state index contributed by atoms with van der Waals surface area (Å²) in [6.45, 7) is 7.47. The first-order valence-corrected chi connectivity index (χ1v) is 12.0. The molecule has 0 bridgehead atoms. The molecule has 0 saturated carbocycles. The van der Waals surface area contributed by atoms with E-state index in [1.165, 1.54) is 11.0 Å². The van der Waals surface area contributed by atoms with Crippen molar-refractivity contribution < 1.29 is 24.2 Å². The first-order chi connectivity index (χ1) is 16.6. The molecule has 2 aromatic rings. The van der Waals surface area contributed by atoms with E-state index in [-0.39, 0.29) is 18.8 Å². The lowest BCUT2D eigenvalue weighted by Crippen LogP contribution is -2.48. The molecule has 0 aliphatic rings. The Morgan fingerprint density at radius 2 is 1.63 bits per heavy atom. The first-order valence-electron chi connectivity index (χ1n) is 12.0. The molecule has 35 heavy (non-hydrogen) atoms. The number of rotatable bonds is 11. The number of aromatic hydroxyl groups is 1. The average molecular weight is 484 g/mol. The van der Waals surface area contributed by atoms with Gasteiger partial charge in [0.2, 0.25) is 11.8 Å². The van der Waals surface area contributed by atoms with Crippen LogP contribution in [0.15, 0.2) is 54.6 Å². The maximum Gasteiger partial charge on any atom is 0.408 e. The highest BCUT2D eigenvalue weighted by Gasteiger charge is 2.33. The Morgan fingerprint density at radius 3 is 2.26 bits per heavy atom. The summed E-state index contributed by atoms with van der Waals surface area (Å²) >= 11 is 0. The molecule has 8 heteroatoms. The van der Waals surface area contributed by atoms with Crippen LogP contribution in [0.3, 0.4) is 0 Å². The average Bonchev–Trinajstić information content (AvgIpc) is 2.81. The lowest BCUT2D eigenvalue weighted by atomic mass is 10.0. The summed E-state index contributed by atoms with van der Waals surface area (Å²) in [5.41, 5.74) is 0.524. The summed E-state index contributed by atoms with van der Waals surface area (Å²) < 4.78 is 5.23. The summed E-state index contributed by atoms with van der Waals surface area (Å²) in [5.74, 6) is -0.951. The zero-order valence-electron chi connectivity index (χ0n) is 21.0. The van der Waals surface area contributed by atoms with Gasteiger partial charge in [0.15, 0.2) is 0 Å². The standard InChI is InChI=1S/C27H37N3O5/c1-5-6-12-17-30(23(32)19-29-26(34)35-27(2,3)4)24(21-15-10-11-16-22(21)31)25(33)28-18-20-13-8-7-9-14-20/h7-11,13-16,24,31H,5-6,12,17-19H2,1-4H3,(H,28,33)(H,29,34). The van der Waals surface area contributed by atoms with E-state index >= 15 is 0 Å². The van der Waals surface area contributed by atoms with Gasteiger partial charge in [-0.05, 0) is 38.8 Å². The molecule has 3 amide bonds. The molecule has 2 aromatic carbocycles. The van der Waals surface area contributed by atoms with Gasteiger partial charge in [-0.1, -0.05) is 68.3 Å². The fraction of sp³-hybridized carbons (Fsp3) is 0.444. The van der Waals surface area contributed by atoms with Crippen LogP contribution < -0.4 is 10.6 Å². The molecule has 8 nitrogen and oxygen atoms in total. The molecule has 0 spiro atoms. The molecule has 0 aromatic heterocycles. The number of alkyl carbamates (subject to hydrolysis) is 1. The maximum atomic E-state index is 13.4. The van der Waals surface area contributed by atoms with Gasteiger partial charge in [-0.15, -0.1) is 0 Å². The second-order valence-electron chi connectivity index (χ2n) is 9.31. The van der Waals surface area contributed by atoms with Gasteiger partial charge in [-0.25, -0.2) is 4.79 Å². The normalized spacial score (nSPS) is 11.9. The van der Waals surface area contributed by atoms with E-state index in [0.29, 0.717) is 18.5 Å². The van der Waals surface area contributed by atoms with Crippen molar-refractivity contribution in [2.45, 2.75) is 65.1 Å². The second-order valence-corrected chi connectivity index (χ2v) is 9.31. The fourth-order valence-corrected chi connectivity index (χ4v) is 3.54. The summed E-state index contributed by atoms with van der Waals surface area (Å²) in [6.07, 6.45) is 1.75. The molecule has 0 aliphatic carbocycles. The van der Waals surface area contributed by atoms with Crippen molar-refractivity contribution in [1.82, 2.24) is 15.5 Å². The van der Waals surface area contributed by atoms with Gasteiger partial charge in [0.1, 0.15) is 23.9 Å². The van der Waals surface area contributed by atoms with E-state index in [0.717, 1.165) is 18.4 Å². The smallest absolute Gasteiger partial charge is 0.408 e. The summed E-state index contributed by atoms with van der Waals surface area (Å²) in [6, 6.07) is 14.9. The van der Waals surface area contributed by atoms with Crippen molar-refractivity contribution in [3.63, 3.8) is 0 Å². The van der Waals surface area contributed by atoms with Crippen LogP contribution in [-0.4, -0.2) is 46.6 Å². The van der Waals surface area contributed by atoms with Crippen LogP contribution in [0.25, 0.3) is 0 Å². The number of para-hydroxylation sites is 1. The van der Waals surface area contributed by atoms with Crippen LogP contribution in [0.1, 0.15) is 64.1 Å². The highest BCUT2D eigenvalue weighted by molar-refractivity contribution is 5.90. The van der Waals surface area contributed by atoms with E-state index in [9.17, 15) is 19.5 Å². The molecule has 1 atom stereocenters. The van der Waals surface area contributed by atoms with Crippen molar-refractivity contribution >= 4 is 17.9 Å². The van der Waals surface area contributed by atoms with Crippen molar-refractivity contribution in [3.05, 3.63) is 65.7 Å². The molecule has 0 fully saturated rings. The number of amides is 3. The lowest BCUT2D eigenvalue weighted by Gasteiger charge is -2.32. The van der Waals surface area contributed by atoms with E-state index in [4.69, 9.17) is 4.74 Å². The van der Waals surface area contributed by atoms with Gasteiger partial charge in [-0.2, -0.15) is 0 Å². The second kappa shape index (κ2) is 13.4. The van der Waals surface area contributed by atoms with E-state index < -0.39 is 29.6 Å². The highest BCUT2D eigenvalue weighted by Crippen LogP contribution is 2.29. The quantitative estimate of drug-likeness (QED) is 0.413. The Labute approximate surface area is 207 Å². The monoisotopic (exact) mass is 483 g/mol. The van der Waals surface area contributed by atoms with Crippen LogP contribution >= 0.6 is 0 Å². The van der Waals surface area contributed by atoms with Crippen LogP contribution in [0, 0.1) is 0 Å². The van der Waals surface area contributed by atoms with Crippen molar-refractivity contribution in [1.29, 1.82) is 0 Å². The van der Waals surface area contributed by atoms with Gasteiger partial charge in [-0.3, -0.25) is 9.59 Å². The number of unbranched alkanes of at least 4 members (excludes halogenated alkanes) is 2. The molecular formula is C27H37N3O5. The van der Waals surface area contributed by atoms with E-state index in [1.807, 2.05) is 37.3 Å². The Morgan fingerprint density at radius 1 is 0.971 bits per heavy atom. The Balaban J connectivity index is 2.29. The minimum atomic E-state index is -1.07. The minimum Gasteiger partial charge on any atom is -0.508 e. The number of nitrogens with zero attached hydrogens (tertiary/aromatic N) is 1. The van der Waals surface area contributed by atoms with Gasteiger partial charge >= 0.3 is 6.09 Å². The van der Waals surface area contributed by atoms with Crippen LogP contribution in [-0.2, 0) is 20.9 Å². The zero-order valence-corrected chi connectivity index (χ0v) is 21.0. The zero-order chi connectivity index (χ0) is 25.8. The van der Waals surface area contributed by atoms with Crippen LogP contribution in [0.4, 0.5) is 4.79 Å². The van der Waals surface area contributed by atoms with E-state index in [1.54, 1.807) is 39.0 Å². The summed E-state index contributed by atoms with van der Waals surface area (Å²) in [5, 5.41) is 15.9. The predicted molar refractivity (Wildman–Crippen MR) is 135 cm³/mol. The van der Waals surface area contributed by atoms with Crippen molar-refractivity contribution in [2.75, 3.05) is 13.1 Å². The molecule has 3 N–H and O–H groups in total. The van der Waals surface area contributed by atoms with Crippen molar-refractivity contribution in [3.8, 4) is 5.75 Å². The minimum absolute atomic E-state index is 0.0826. The number of ether oxygens (including phenoxy) is 1. The summed E-state index contributed by atoms with van der Waals surface area (Å²) in [7, 11) is 0. The third kappa shape index (κ3) is 9.31. The predicted octanol–water partition coefficient (Wildman–Crippen LogP) is 4.29. The molecule has 0 aliphatic heterocycles. The number of carbonyl (C=O) groups is 3. The topological polar surface area (TPSA) is 108 Å². The fourth-order valence-electron chi connectivity index (χ4n) is 3.54. The number of hydrogen-bond acceptors (Lipinski definition) is 5. The number of carbonyl (C=O) groups excluding carboxylic acids is 3. The molecule has 1 unspecified atom stereocenters. The number of hydrogen-bond donors (Lipinski definition) is 3. The largest absolute Gasteiger partial charge is 0.508 e. The molecule has 0 heterocycles. The molecule has 0 saturated heterocycles. The number of phenols is 1. The molecule has 2 rings (SSSR count). The Kier molecular flexibility index (Phi) is 10.6. The summed E-state index contributed by atoms with van der Waals surface area (Å²) in [4.78, 5) is 40.3. The van der Waals surface area contributed by atoms with Gasteiger partial charge in [0.05, 0.1) is 0 Å². The van der Waals surface area contributed by atoms with Crippen LogP contribution in [0.5, 0.6) is 5.75 Å². The van der Waals surface area contributed by atoms with Gasteiger partial charge < -0.3 is 25.4 Å². The number of phenolic OH excluding ortho intramolecular Hbond substituents is 1. The lowest BCUT2D eigenvalue weighted by molar-refractivity contribution is -0.140. The Hall–Kier alpha value is -3.55. The molecule has 190 valence electrons.